The number of benzene rings is 2. The number of carbonyl (C=O) groups excluding carboxylic acids is 3. The van der Waals surface area contributed by atoms with Crippen LogP contribution in [0.2, 0.25) is 5.02 Å². The monoisotopic (exact) mass is 833 g/mol. The van der Waals surface area contributed by atoms with Crippen LogP contribution in [0, 0.1) is 13.8 Å². The average Bonchev–Trinajstić information content (AvgIpc) is 3.67. The molecule has 5 N–H and O–H groups in total. The Morgan fingerprint density at radius 3 is 2.60 bits per heavy atom. The van der Waals surface area contributed by atoms with E-state index in [9.17, 15) is 19.5 Å². The zero-order valence-electron chi connectivity index (χ0n) is 33.0. The normalized spacial score (nSPS) is 16.6. The maximum atomic E-state index is 12.9. The first kappa shape index (κ1) is 42.9. The van der Waals surface area contributed by atoms with Crippen LogP contribution in [0.4, 0.5) is 28.1 Å². The van der Waals surface area contributed by atoms with Crippen molar-refractivity contribution in [2.75, 3.05) is 80.0 Å². The second kappa shape index (κ2) is 21.3. The lowest BCUT2D eigenvalue weighted by Gasteiger charge is -2.35. The number of nitrogens with one attached hydrogen (secondary N) is 4. The van der Waals surface area contributed by atoms with Crippen molar-refractivity contribution in [3.63, 3.8) is 0 Å². The minimum atomic E-state index is -0.912. The van der Waals surface area contributed by atoms with Crippen LogP contribution in [-0.4, -0.2) is 108 Å². The molecule has 4 aromatic rings. The Morgan fingerprint density at radius 2 is 1.79 bits per heavy atom. The van der Waals surface area contributed by atoms with Gasteiger partial charge in [-0.05, 0) is 69.0 Å². The van der Waals surface area contributed by atoms with Crippen molar-refractivity contribution in [2.24, 2.45) is 0 Å². The molecule has 0 saturated carbocycles. The smallest absolute Gasteiger partial charge is 0.267 e. The number of rotatable bonds is 20. The number of imide groups is 1. The molecule has 310 valence electrons. The quantitative estimate of drug-likeness (QED) is 0.0406. The Bertz CT molecular complexity index is 1990. The number of unbranched alkanes of at least 4 members (excludes halogenated alkanes) is 3. The van der Waals surface area contributed by atoms with Gasteiger partial charge in [-0.1, -0.05) is 60.0 Å². The van der Waals surface area contributed by atoms with Gasteiger partial charge in [-0.15, -0.1) is 0 Å². The zero-order chi connectivity index (χ0) is 40.9. The minimum Gasteiger partial charge on any atom is -0.379 e. The van der Waals surface area contributed by atoms with Gasteiger partial charge in [0.05, 0.1) is 42.6 Å². The number of aliphatic hydroxyl groups is 1. The van der Waals surface area contributed by atoms with Crippen molar-refractivity contribution in [1.82, 2.24) is 25.2 Å². The van der Waals surface area contributed by atoms with E-state index in [1.807, 2.05) is 56.3 Å². The van der Waals surface area contributed by atoms with E-state index in [1.165, 1.54) is 11.3 Å². The van der Waals surface area contributed by atoms with Gasteiger partial charge in [0, 0.05) is 51.0 Å². The number of ether oxygens (including phenoxy) is 2. The van der Waals surface area contributed by atoms with Gasteiger partial charge in [-0.3, -0.25) is 24.6 Å². The van der Waals surface area contributed by atoms with Crippen molar-refractivity contribution in [1.29, 1.82) is 0 Å². The van der Waals surface area contributed by atoms with Gasteiger partial charge < -0.3 is 35.4 Å². The molecule has 2 saturated heterocycles. The summed E-state index contributed by atoms with van der Waals surface area (Å²) in [6, 6.07) is 14.7. The van der Waals surface area contributed by atoms with Crippen LogP contribution in [0.5, 0.6) is 0 Å². The second-order valence-electron chi connectivity index (χ2n) is 14.4. The first-order valence-corrected chi connectivity index (χ1v) is 21.0. The summed E-state index contributed by atoms with van der Waals surface area (Å²) >= 11 is 7.53. The van der Waals surface area contributed by atoms with Gasteiger partial charge in [0.2, 0.25) is 11.8 Å². The predicted molar refractivity (Wildman–Crippen MR) is 226 cm³/mol. The molecular weight excluding hydrogens is 782 g/mol. The van der Waals surface area contributed by atoms with E-state index in [1.54, 1.807) is 12.3 Å². The maximum absolute atomic E-state index is 12.9. The number of nitrogens with zero attached hydrogens (tertiary/aromatic N) is 5. The number of halogens is 1. The fraction of sp³-hybridized carbons (Fsp3) is 0.463. The van der Waals surface area contributed by atoms with Gasteiger partial charge >= 0.3 is 0 Å². The van der Waals surface area contributed by atoms with Crippen LogP contribution in [-0.2, 0) is 19.1 Å². The van der Waals surface area contributed by atoms with E-state index in [0.717, 1.165) is 75.4 Å². The number of aliphatic hydroxyl groups excluding tert-OH is 1. The molecule has 0 radical (unpaired) electrons. The molecule has 3 amide bonds. The third-order valence-corrected chi connectivity index (χ3v) is 11.2. The maximum Gasteiger partial charge on any atom is 0.267 e. The lowest BCUT2D eigenvalue weighted by molar-refractivity contribution is -0.134. The van der Waals surface area contributed by atoms with Crippen LogP contribution in [0.1, 0.15) is 71.1 Å². The number of piperazine rings is 1. The van der Waals surface area contributed by atoms with E-state index in [4.69, 9.17) is 26.1 Å². The third-order valence-electron chi connectivity index (χ3n) is 9.97. The zero-order valence-corrected chi connectivity index (χ0v) is 34.5. The SMILES string of the molecule is Cc1nc(Nc2ncc(C(=O)Nc3c(C)cccc3Cl)s2)cc(N2CCN(CCCCCCOCCOCC(O)Nc3cccc(C4CCC(=O)NC4=O)c3)CC2)n1. The minimum absolute atomic E-state index is 0.0977. The highest BCUT2D eigenvalue weighted by Crippen LogP contribution is 2.29. The molecule has 2 aromatic heterocycles. The number of aryl methyl sites for hydroxylation is 2. The second-order valence-corrected chi connectivity index (χ2v) is 15.9. The van der Waals surface area contributed by atoms with Crippen molar-refractivity contribution >= 4 is 68.8 Å². The highest BCUT2D eigenvalue weighted by molar-refractivity contribution is 7.17. The van der Waals surface area contributed by atoms with E-state index < -0.39 is 6.23 Å². The number of hydrogen-bond donors (Lipinski definition) is 5. The molecule has 2 aromatic carbocycles. The lowest BCUT2D eigenvalue weighted by Crippen LogP contribution is -2.47. The third kappa shape index (κ3) is 12.6. The van der Waals surface area contributed by atoms with Crippen LogP contribution in [0.15, 0.2) is 54.7 Å². The number of piperidine rings is 1. The highest BCUT2D eigenvalue weighted by atomic mass is 35.5. The van der Waals surface area contributed by atoms with Crippen molar-refractivity contribution in [2.45, 2.75) is 64.5 Å². The number of carbonyl (C=O) groups is 3. The largest absolute Gasteiger partial charge is 0.379 e. The molecular formula is C41H52ClN9O6S. The Morgan fingerprint density at radius 1 is 1.00 bits per heavy atom. The molecule has 4 heterocycles. The van der Waals surface area contributed by atoms with Crippen molar-refractivity contribution in [3.8, 4) is 0 Å². The summed E-state index contributed by atoms with van der Waals surface area (Å²) in [6.45, 7) is 10.1. The van der Waals surface area contributed by atoms with E-state index >= 15 is 0 Å². The molecule has 6 rings (SSSR count). The fourth-order valence-corrected chi connectivity index (χ4v) is 7.88. The number of para-hydroxylation sites is 1. The number of thiazole rings is 1. The molecule has 2 atom stereocenters. The summed E-state index contributed by atoms with van der Waals surface area (Å²) in [5.41, 5.74) is 2.95. The average molecular weight is 834 g/mol. The van der Waals surface area contributed by atoms with Crippen LogP contribution in [0.25, 0.3) is 0 Å². The molecule has 0 aliphatic carbocycles. The molecule has 2 aliphatic heterocycles. The summed E-state index contributed by atoms with van der Waals surface area (Å²) in [7, 11) is 0. The number of aromatic nitrogens is 3. The Kier molecular flexibility index (Phi) is 15.8. The van der Waals surface area contributed by atoms with Gasteiger partial charge in [-0.2, -0.15) is 0 Å². The first-order valence-electron chi connectivity index (χ1n) is 19.8. The Labute approximate surface area is 347 Å². The topological polar surface area (TPSA) is 183 Å². The molecule has 2 fully saturated rings. The van der Waals surface area contributed by atoms with Gasteiger partial charge in [0.1, 0.15) is 28.6 Å². The molecule has 17 heteroatoms. The van der Waals surface area contributed by atoms with Crippen molar-refractivity contribution < 1.29 is 29.0 Å². The van der Waals surface area contributed by atoms with Gasteiger partial charge in [0.15, 0.2) is 5.13 Å². The molecule has 2 unspecified atom stereocenters. The predicted octanol–water partition coefficient (Wildman–Crippen LogP) is 5.87. The van der Waals surface area contributed by atoms with Crippen molar-refractivity contribution in [3.05, 3.63) is 81.6 Å². The molecule has 2 aliphatic rings. The standard InChI is InChI=1S/C41H52ClN9O6S/c1-27-9-7-12-32(42)38(27)49-40(55)33-25-43-41(58-33)47-34-24-35(45-28(2)44-34)51-18-16-50(17-19-51)15-5-3-4-6-20-56-21-22-57-26-37(53)46-30-11-8-10-29(23-30)31-13-14-36(52)48-39(31)54/h7-12,23-25,31,37,46,53H,3-6,13-22,26H2,1-2H3,(H,49,55)(H,48,52,54)(H,43,44,45,47). The highest BCUT2D eigenvalue weighted by Gasteiger charge is 2.28. The molecule has 58 heavy (non-hydrogen) atoms. The summed E-state index contributed by atoms with van der Waals surface area (Å²) in [6.07, 6.45) is 5.79. The summed E-state index contributed by atoms with van der Waals surface area (Å²) in [5.74, 6) is 0.967. The Balaban J connectivity index is 0.800. The summed E-state index contributed by atoms with van der Waals surface area (Å²) in [5, 5.41) is 22.9. The van der Waals surface area contributed by atoms with E-state index in [-0.39, 0.29) is 30.2 Å². The molecule has 0 spiro atoms. The number of hydrogen-bond acceptors (Lipinski definition) is 14. The van der Waals surface area contributed by atoms with E-state index in [0.29, 0.717) is 70.7 Å². The van der Waals surface area contributed by atoms with Gasteiger partial charge in [0.25, 0.3) is 5.91 Å². The number of anilines is 5. The fourth-order valence-electron chi connectivity index (χ4n) is 6.89. The van der Waals surface area contributed by atoms with Crippen LogP contribution < -0.4 is 26.2 Å². The lowest BCUT2D eigenvalue weighted by atomic mass is 9.90. The van der Waals surface area contributed by atoms with Crippen LogP contribution in [0.3, 0.4) is 0 Å². The van der Waals surface area contributed by atoms with E-state index in [2.05, 4.69) is 41.0 Å². The molecule has 15 nitrogen and oxygen atoms in total. The van der Waals surface area contributed by atoms with Gasteiger partial charge in [-0.25, -0.2) is 15.0 Å². The summed E-state index contributed by atoms with van der Waals surface area (Å²) < 4.78 is 11.3. The first-order chi connectivity index (χ1) is 28.1. The summed E-state index contributed by atoms with van der Waals surface area (Å²) in [4.78, 5) is 55.5. The number of amides is 3. The Hall–Kier alpha value is -4.71. The molecule has 0 bridgehead atoms. The van der Waals surface area contributed by atoms with Crippen LogP contribution >= 0.6 is 22.9 Å².